The van der Waals surface area contributed by atoms with Crippen LogP contribution in [0.3, 0.4) is 0 Å². The standard InChI is InChI=1S/C8H15NO7/c1-4(12)9-8(16,3-11)7(15)6(14)5(13)2-10/h3,5-7,10,13-16H,2H2,1H3,(H,9,12)/t5-,6-,7+,8+/m0/s1. The van der Waals surface area contributed by atoms with Gasteiger partial charge in [-0.1, -0.05) is 0 Å². The highest BCUT2D eigenvalue weighted by molar-refractivity contribution is 5.79. The zero-order chi connectivity index (χ0) is 12.9. The number of carbonyl (C=O) groups excluding carboxylic acids is 2. The quantitative estimate of drug-likeness (QED) is 0.204. The lowest BCUT2D eigenvalue weighted by Crippen LogP contribution is -2.63. The van der Waals surface area contributed by atoms with Crippen molar-refractivity contribution in [2.24, 2.45) is 0 Å². The SMILES string of the molecule is CC(=O)N[C@@](O)(C=O)[C@H](O)[C@@H](O)[C@@H](O)CO. The average molecular weight is 237 g/mol. The third-order valence-electron chi connectivity index (χ3n) is 1.91. The second kappa shape index (κ2) is 5.87. The van der Waals surface area contributed by atoms with E-state index < -0.39 is 36.6 Å². The third kappa shape index (κ3) is 3.51. The number of amides is 1. The van der Waals surface area contributed by atoms with Gasteiger partial charge in [0.25, 0.3) is 0 Å². The Kier molecular flexibility index (Phi) is 5.48. The molecule has 1 amide bonds. The van der Waals surface area contributed by atoms with Crippen molar-refractivity contribution in [3.63, 3.8) is 0 Å². The molecule has 16 heavy (non-hydrogen) atoms. The van der Waals surface area contributed by atoms with E-state index in [0.29, 0.717) is 0 Å². The first kappa shape index (κ1) is 14.9. The van der Waals surface area contributed by atoms with Crippen LogP contribution < -0.4 is 5.32 Å². The molecule has 0 saturated heterocycles. The first-order valence-corrected chi connectivity index (χ1v) is 4.41. The van der Waals surface area contributed by atoms with Crippen LogP contribution in [0.25, 0.3) is 0 Å². The molecular formula is C8H15NO7. The minimum Gasteiger partial charge on any atom is -0.394 e. The smallest absolute Gasteiger partial charge is 0.224 e. The van der Waals surface area contributed by atoms with E-state index >= 15 is 0 Å². The molecule has 0 aromatic carbocycles. The van der Waals surface area contributed by atoms with E-state index in [1.54, 1.807) is 5.32 Å². The van der Waals surface area contributed by atoms with Gasteiger partial charge >= 0.3 is 0 Å². The van der Waals surface area contributed by atoms with Crippen LogP contribution in [0.4, 0.5) is 0 Å². The van der Waals surface area contributed by atoms with Gasteiger partial charge in [-0.15, -0.1) is 0 Å². The molecule has 0 saturated carbocycles. The van der Waals surface area contributed by atoms with E-state index in [2.05, 4.69) is 0 Å². The van der Waals surface area contributed by atoms with Gasteiger partial charge in [0, 0.05) is 6.92 Å². The summed E-state index contributed by atoms with van der Waals surface area (Å²) < 4.78 is 0. The first-order chi connectivity index (χ1) is 7.28. The predicted octanol–water partition coefficient (Wildman–Crippen LogP) is -3.91. The Labute approximate surface area is 91.1 Å². The lowest BCUT2D eigenvalue weighted by atomic mass is 9.99. The number of nitrogens with one attached hydrogen (secondary N) is 1. The molecule has 0 aliphatic carbocycles. The van der Waals surface area contributed by atoms with E-state index in [4.69, 9.17) is 10.2 Å². The molecule has 0 radical (unpaired) electrons. The van der Waals surface area contributed by atoms with Crippen molar-refractivity contribution < 1.29 is 35.1 Å². The van der Waals surface area contributed by atoms with Crippen LogP contribution in [0.15, 0.2) is 0 Å². The summed E-state index contributed by atoms with van der Waals surface area (Å²) in [5.41, 5.74) is -2.72. The molecule has 0 heterocycles. The van der Waals surface area contributed by atoms with Crippen molar-refractivity contribution >= 4 is 12.2 Å². The molecular weight excluding hydrogens is 222 g/mol. The number of aldehydes is 1. The van der Waals surface area contributed by atoms with Crippen LogP contribution in [0.5, 0.6) is 0 Å². The Morgan fingerprint density at radius 1 is 1.44 bits per heavy atom. The molecule has 0 bridgehead atoms. The summed E-state index contributed by atoms with van der Waals surface area (Å²) >= 11 is 0. The maximum Gasteiger partial charge on any atom is 0.224 e. The Morgan fingerprint density at radius 2 is 1.94 bits per heavy atom. The zero-order valence-electron chi connectivity index (χ0n) is 8.57. The first-order valence-electron chi connectivity index (χ1n) is 4.41. The summed E-state index contributed by atoms with van der Waals surface area (Å²) in [6, 6.07) is 0. The highest BCUT2D eigenvalue weighted by Crippen LogP contribution is 2.11. The lowest BCUT2D eigenvalue weighted by molar-refractivity contribution is -0.176. The number of carbonyl (C=O) groups is 2. The van der Waals surface area contributed by atoms with Crippen LogP contribution in [-0.2, 0) is 9.59 Å². The van der Waals surface area contributed by atoms with Gasteiger partial charge in [-0.05, 0) is 0 Å². The summed E-state index contributed by atoms with van der Waals surface area (Å²) in [4.78, 5) is 21.2. The topological polar surface area (TPSA) is 147 Å². The van der Waals surface area contributed by atoms with Crippen LogP contribution >= 0.6 is 0 Å². The molecule has 6 N–H and O–H groups in total. The van der Waals surface area contributed by atoms with Crippen LogP contribution in [0.1, 0.15) is 6.92 Å². The number of aliphatic hydroxyl groups excluding tert-OH is 4. The summed E-state index contributed by atoms with van der Waals surface area (Å²) in [5.74, 6) is -0.820. The monoisotopic (exact) mass is 237 g/mol. The fourth-order valence-corrected chi connectivity index (χ4v) is 1.03. The average Bonchev–Trinajstić information content (AvgIpc) is 2.24. The second-order valence-electron chi connectivity index (χ2n) is 3.31. The summed E-state index contributed by atoms with van der Waals surface area (Å²) in [6.07, 6.45) is -6.11. The molecule has 8 nitrogen and oxygen atoms in total. The highest BCUT2D eigenvalue weighted by Gasteiger charge is 2.43. The van der Waals surface area contributed by atoms with Gasteiger partial charge < -0.3 is 30.8 Å². The van der Waals surface area contributed by atoms with Crippen LogP contribution in [-0.4, -0.2) is 68.4 Å². The lowest BCUT2D eigenvalue weighted by Gasteiger charge is -2.32. The molecule has 0 aromatic rings. The number of aliphatic hydroxyl groups is 5. The molecule has 0 fully saturated rings. The van der Waals surface area contributed by atoms with Gasteiger partial charge in [-0.3, -0.25) is 9.59 Å². The van der Waals surface area contributed by atoms with Gasteiger partial charge in [-0.25, -0.2) is 0 Å². The van der Waals surface area contributed by atoms with Crippen molar-refractivity contribution in [3.8, 4) is 0 Å². The molecule has 0 aliphatic heterocycles. The third-order valence-corrected chi connectivity index (χ3v) is 1.91. The number of hydrogen-bond acceptors (Lipinski definition) is 7. The molecule has 94 valence electrons. The zero-order valence-corrected chi connectivity index (χ0v) is 8.57. The van der Waals surface area contributed by atoms with E-state index in [-0.39, 0.29) is 6.29 Å². The fourth-order valence-electron chi connectivity index (χ4n) is 1.03. The van der Waals surface area contributed by atoms with E-state index in [1.807, 2.05) is 0 Å². The van der Waals surface area contributed by atoms with Crippen LogP contribution in [0.2, 0.25) is 0 Å². The molecule has 0 aliphatic rings. The van der Waals surface area contributed by atoms with E-state index in [0.717, 1.165) is 6.92 Å². The molecule has 4 atom stereocenters. The normalized spacial score (nSPS) is 20.4. The van der Waals surface area contributed by atoms with Crippen LogP contribution in [0, 0.1) is 0 Å². The fraction of sp³-hybridized carbons (Fsp3) is 0.750. The molecule has 0 rings (SSSR count). The van der Waals surface area contributed by atoms with Crippen molar-refractivity contribution in [2.45, 2.75) is 31.0 Å². The van der Waals surface area contributed by atoms with Crippen molar-refractivity contribution in [1.29, 1.82) is 0 Å². The maximum atomic E-state index is 10.7. The Hall–Kier alpha value is -1.06. The van der Waals surface area contributed by atoms with Crippen molar-refractivity contribution in [3.05, 3.63) is 0 Å². The van der Waals surface area contributed by atoms with Crippen molar-refractivity contribution in [1.82, 2.24) is 5.32 Å². The molecule has 8 heteroatoms. The summed E-state index contributed by atoms with van der Waals surface area (Å²) in [5, 5.41) is 47.3. The molecule has 0 unspecified atom stereocenters. The number of rotatable bonds is 6. The summed E-state index contributed by atoms with van der Waals surface area (Å²) in [6.45, 7) is 0.100. The Balaban J connectivity index is 4.81. The van der Waals surface area contributed by atoms with Gasteiger partial charge in [-0.2, -0.15) is 0 Å². The van der Waals surface area contributed by atoms with Gasteiger partial charge in [0.15, 0.2) is 6.29 Å². The minimum atomic E-state index is -2.72. The van der Waals surface area contributed by atoms with Gasteiger partial charge in [0.2, 0.25) is 11.6 Å². The Morgan fingerprint density at radius 3 is 2.25 bits per heavy atom. The maximum absolute atomic E-state index is 10.7. The van der Waals surface area contributed by atoms with E-state index in [1.165, 1.54) is 0 Å². The minimum absolute atomic E-state index is 0.188. The van der Waals surface area contributed by atoms with E-state index in [9.17, 15) is 24.9 Å². The largest absolute Gasteiger partial charge is 0.394 e. The highest BCUT2D eigenvalue weighted by atomic mass is 16.4. The van der Waals surface area contributed by atoms with Gasteiger partial charge in [0.1, 0.15) is 18.3 Å². The second-order valence-corrected chi connectivity index (χ2v) is 3.31. The molecule has 0 aromatic heterocycles. The Bertz CT molecular complexity index is 259. The van der Waals surface area contributed by atoms with Crippen molar-refractivity contribution in [2.75, 3.05) is 6.61 Å². The predicted molar refractivity (Wildman–Crippen MR) is 49.9 cm³/mol. The number of hydrogen-bond donors (Lipinski definition) is 6. The molecule has 0 spiro atoms. The summed E-state index contributed by atoms with van der Waals surface area (Å²) in [7, 11) is 0. The van der Waals surface area contributed by atoms with Gasteiger partial charge in [0.05, 0.1) is 6.61 Å².